The standard InChI is InChI=1S/C24H27FO3.C5H11NO2.C2H6/c1-27-22(26)15-17-9-5-14-21(28-18-10-2-3-11-18)24(17)19-12-6-13-20(25)23(19)16-7-4-8-16;1-5(2,3)8-4(6)7;1-2/h5-6,9,12-14,16,18H,2-4,7-8,10-11,15H2,1H3;1-3H3,(H2,6,7);1-2H3. The zero-order valence-electron chi connectivity index (χ0n) is 23.8. The van der Waals surface area contributed by atoms with E-state index in [0.29, 0.717) is 0 Å². The zero-order valence-corrected chi connectivity index (χ0v) is 23.8. The number of carbonyl (C=O) groups is 2. The van der Waals surface area contributed by atoms with Gasteiger partial charge in [0.1, 0.15) is 17.2 Å². The number of amides is 1. The van der Waals surface area contributed by atoms with E-state index in [0.717, 1.165) is 60.1 Å². The van der Waals surface area contributed by atoms with Gasteiger partial charge in [0.2, 0.25) is 0 Å². The maximum absolute atomic E-state index is 14.9. The van der Waals surface area contributed by atoms with E-state index in [2.05, 4.69) is 4.74 Å². The summed E-state index contributed by atoms with van der Waals surface area (Å²) in [5.41, 5.74) is 7.57. The first-order chi connectivity index (χ1) is 18.1. The number of halogens is 1. The quantitative estimate of drug-likeness (QED) is 0.387. The van der Waals surface area contributed by atoms with Gasteiger partial charge in [-0.2, -0.15) is 0 Å². The van der Waals surface area contributed by atoms with Crippen molar-refractivity contribution in [1.29, 1.82) is 0 Å². The molecule has 2 saturated carbocycles. The van der Waals surface area contributed by atoms with Gasteiger partial charge in [-0.05, 0) is 94.0 Å². The fourth-order valence-electron chi connectivity index (χ4n) is 4.71. The molecule has 2 N–H and O–H groups in total. The number of hydrogen-bond acceptors (Lipinski definition) is 5. The van der Waals surface area contributed by atoms with Crippen molar-refractivity contribution in [3.63, 3.8) is 0 Å². The number of ether oxygens (including phenoxy) is 3. The minimum absolute atomic E-state index is 0.147. The molecule has 0 aliphatic heterocycles. The maximum Gasteiger partial charge on any atom is 0.405 e. The Morgan fingerprint density at radius 3 is 2.11 bits per heavy atom. The molecule has 0 atom stereocenters. The molecule has 0 heterocycles. The van der Waals surface area contributed by atoms with E-state index in [1.165, 1.54) is 26.0 Å². The van der Waals surface area contributed by atoms with Gasteiger partial charge >= 0.3 is 12.1 Å². The van der Waals surface area contributed by atoms with Crippen LogP contribution in [0.4, 0.5) is 9.18 Å². The second kappa shape index (κ2) is 14.7. The number of methoxy groups -OCH3 is 1. The topological polar surface area (TPSA) is 87.9 Å². The molecular weight excluding hydrogens is 485 g/mol. The van der Waals surface area contributed by atoms with Gasteiger partial charge in [0, 0.05) is 5.56 Å². The molecule has 2 aromatic rings. The van der Waals surface area contributed by atoms with Crippen molar-refractivity contribution < 1.29 is 28.2 Å². The zero-order chi connectivity index (χ0) is 28.3. The van der Waals surface area contributed by atoms with Crippen LogP contribution in [0.15, 0.2) is 36.4 Å². The van der Waals surface area contributed by atoms with Crippen LogP contribution in [-0.2, 0) is 20.7 Å². The highest BCUT2D eigenvalue weighted by Gasteiger charge is 2.29. The number of esters is 1. The van der Waals surface area contributed by atoms with Crippen LogP contribution < -0.4 is 10.5 Å². The second-order valence-electron chi connectivity index (χ2n) is 10.4. The molecule has 38 heavy (non-hydrogen) atoms. The van der Waals surface area contributed by atoms with Crippen LogP contribution in [0.2, 0.25) is 0 Å². The lowest BCUT2D eigenvalue weighted by Crippen LogP contribution is -2.27. The minimum Gasteiger partial charge on any atom is -0.490 e. The lowest BCUT2D eigenvalue weighted by Gasteiger charge is -2.29. The normalized spacial score (nSPS) is 15.2. The fourth-order valence-corrected chi connectivity index (χ4v) is 4.71. The van der Waals surface area contributed by atoms with Gasteiger partial charge in [0.25, 0.3) is 0 Å². The third kappa shape index (κ3) is 9.03. The van der Waals surface area contributed by atoms with E-state index in [4.69, 9.17) is 15.2 Å². The van der Waals surface area contributed by atoms with Crippen molar-refractivity contribution in [2.45, 2.75) is 104 Å². The van der Waals surface area contributed by atoms with Crippen LogP contribution in [-0.4, -0.2) is 30.9 Å². The first-order valence-corrected chi connectivity index (χ1v) is 13.7. The largest absolute Gasteiger partial charge is 0.490 e. The third-order valence-corrected chi connectivity index (χ3v) is 6.51. The van der Waals surface area contributed by atoms with E-state index >= 15 is 0 Å². The molecule has 1 amide bonds. The molecule has 2 aromatic carbocycles. The van der Waals surface area contributed by atoms with Gasteiger partial charge < -0.3 is 19.9 Å². The molecule has 0 bridgehead atoms. The number of hydrogen-bond donors (Lipinski definition) is 1. The molecule has 4 rings (SSSR count). The average Bonchev–Trinajstić information content (AvgIpc) is 3.33. The highest BCUT2D eigenvalue weighted by atomic mass is 19.1. The molecule has 210 valence electrons. The number of rotatable bonds is 6. The van der Waals surface area contributed by atoms with Crippen LogP contribution in [0.3, 0.4) is 0 Å². The van der Waals surface area contributed by atoms with Crippen molar-refractivity contribution in [3.05, 3.63) is 53.3 Å². The lowest BCUT2D eigenvalue weighted by atomic mass is 9.76. The van der Waals surface area contributed by atoms with Gasteiger partial charge in [-0.3, -0.25) is 4.79 Å². The van der Waals surface area contributed by atoms with E-state index in [1.807, 2.05) is 38.1 Å². The summed E-state index contributed by atoms with van der Waals surface area (Å²) < 4.78 is 30.7. The first-order valence-electron chi connectivity index (χ1n) is 13.7. The third-order valence-electron chi connectivity index (χ3n) is 6.51. The first kappa shape index (κ1) is 31.1. The van der Waals surface area contributed by atoms with Gasteiger partial charge in [-0.25, -0.2) is 9.18 Å². The summed E-state index contributed by atoms with van der Waals surface area (Å²) in [6, 6.07) is 11.0. The summed E-state index contributed by atoms with van der Waals surface area (Å²) in [5, 5.41) is 0. The van der Waals surface area contributed by atoms with Crippen LogP contribution in [0.5, 0.6) is 5.75 Å². The van der Waals surface area contributed by atoms with E-state index < -0.39 is 11.7 Å². The summed E-state index contributed by atoms with van der Waals surface area (Å²) >= 11 is 0. The van der Waals surface area contributed by atoms with E-state index in [9.17, 15) is 14.0 Å². The van der Waals surface area contributed by atoms with Gasteiger partial charge in [-0.1, -0.05) is 44.5 Å². The highest BCUT2D eigenvalue weighted by Crippen LogP contribution is 2.46. The van der Waals surface area contributed by atoms with Crippen LogP contribution in [0.25, 0.3) is 11.1 Å². The van der Waals surface area contributed by atoms with Gasteiger partial charge in [-0.15, -0.1) is 0 Å². The molecule has 2 aliphatic rings. The lowest BCUT2D eigenvalue weighted by molar-refractivity contribution is -0.139. The number of nitrogens with two attached hydrogens (primary N) is 1. The molecule has 2 aliphatic carbocycles. The molecule has 6 nitrogen and oxygen atoms in total. The highest BCUT2D eigenvalue weighted by molar-refractivity contribution is 5.82. The minimum atomic E-state index is -0.725. The number of benzene rings is 2. The van der Waals surface area contributed by atoms with Crippen molar-refractivity contribution >= 4 is 12.1 Å². The van der Waals surface area contributed by atoms with Crippen LogP contribution >= 0.6 is 0 Å². The Hall–Kier alpha value is -3.09. The Bertz CT molecular complexity index is 1050. The second-order valence-corrected chi connectivity index (χ2v) is 10.4. The Morgan fingerprint density at radius 2 is 1.61 bits per heavy atom. The Morgan fingerprint density at radius 1 is 0.974 bits per heavy atom. The predicted octanol–water partition coefficient (Wildman–Crippen LogP) is 7.70. The van der Waals surface area contributed by atoms with Crippen LogP contribution in [0.1, 0.15) is 96.6 Å². The summed E-state index contributed by atoms with van der Waals surface area (Å²) in [7, 11) is 1.39. The van der Waals surface area contributed by atoms with Crippen molar-refractivity contribution in [2.24, 2.45) is 5.73 Å². The molecule has 0 spiro atoms. The average molecular weight is 530 g/mol. The van der Waals surface area contributed by atoms with Crippen molar-refractivity contribution in [1.82, 2.24) is 0 Å². The summed E-state index contributed by atoms with van der Waals surface area (Å²) in [6.45, 7) is 9.28. The summed E-state index contributed by atoms with van der Waals surface area (Å²) in [6.07, 6.45) is 7.19. The molecule has 0 radical (unpaired) electrons. The number of carbonyl (C=O) groups excluding carboxylic acids is 2. The monoisotopic (exact) mass is 529 g/mol. The van der Waals surface area contributed by atoms with E-state index in [-0.39, 0.29) is 30.2 Å². The molecule has 0 saturated heterocycles. The fraction of sp³-hybridized carbons (Fsp3) is 0.548. The Kier molecular flexibility index (Phi) is 12.1. The molecule has 0 unspecified atom stereocenters. The van der Waals surface area contributed by atoms with E-state index in [1.54, 1.807) is 26.8 Å². The van der Waals surface area contributed by atoms with Crippen molar-refractivity contribution in [2.75, 3.05) is 7.11 Å². The Balaban J connectivity index is 0.000000437. The van der Waals surface area contributed by atoms with Gasteiger partial charge in [0.05, 0.1) is 19.6 Å². The molecule has 2 fully saturated rings. The van der Waals surface area contributed by atoms with Gasteiger partial charge in [0.15, 0.2) is 0 Å². The summed E-state index contributed by atoms with van der Waals surface area (Å²) in [4.78, 5) is 22.1. The smallest absolute Gasteiger partial charge is 0.405 e. The SMILES string of the molecule is CC.CC(C)(C)OC(N)=O.COC(=O)Cc1cccc(OC2CCCC2)c1-c1cccc(F)c1C1CCC1. The molecular formula is C31H44FNO5. The van der Waals surface area contributed by atoms with Crippen LogP contribution in [0, 0.1) is 5.82 Å². The predicted molar refractivity (Wildman–Crippen MR) is 149 cm³/mol. The maximum atomic E-state index is 14.9. The molecule has 0 aromatic heterocycles. The van der Waals surface area contributed by atoms with Crippen molar-refractivity contribution in [3.8, 4) is 16.9 Å². The summed E-state index contributed by atoms with van der Waals surface area (Å²) in [5.74, 6) is 0.518. The molecule has 7 heteroatoms. The number of primary amides is 1. The Labute approximate surface area is 227 Å².